The maximum atomic E-state index is 11.5. The molecule has 1 aromatic carbocycles. The van der Waals surface area contributed by atoms with Gasteiger partial charge in [-0.2, -0.15) is 0 Å². The van der Waals surface area contributed by atoms with E-state index in [1.54, 1.807) is 6.92 Å². The Morgan fingerprint density at radius 2 is 1.78 bits per heavy atom. The van der Waals surface area contributed by atoms with Crippen LogP contribution in [-0.2, 0) is 4.79 Å². The van der Waals surface area contributed by atoms with Crippen molar-refractivity contribution < 1.29 is 9.59 Å². The lowest BCUT2D eigenvalue weighted by Gasteiger charge is -2.19. The van der Waals surface area contributed by atoms with Crippen LogP contribution >= 0.6 is 15.9 Å². The third-order valence-corrected chi connectivity index (χ3v) is 3.04. The number of primary amides is 1. The maximum Gasteiger partial charge on any atom is 0.318 e. The molecule has 0 bridgehead atoms. The molecule has 0 saturated heterocycles. The monoisotopic (exact) mass is 313 g/mol. The summed E-state index contributed by atoms with van der Waals surface area (Å²) < 4.78 is 0.998. The van der Waals surface area contributed by atoms with Crippen LogP contribution in [0.15, 0.2) is 28.7 Å². The molecule has 0 aliphatic rings. The second-order valence-electron chi connectivity index (χ2n) is 4.02. The highest BCUT2D eigenvalue weighted by atomic mass is 79.9. The Morgan fingerprint density at radius 1 is 1.22 bits per heavy atom. The second kappa shape index (κ2) is 6.51. The fraction of sp³-hybridized carbons (Fsp3) is 0.333. The Balaban J connectivity index is 2.58. The fourth-order valence-electron chi connectivity index (χ4n) is 1.53. The van der Waals surface area contributed by atoms with Gasteiger partial charge in [0.15, 0.2) is 0 Å². The van der Waals surface area contributed by atoms with Gasteiger partial charge in [-0.25, -0.2) is 4.79 Å². The average Bonchev–Trinajstić information content (AvgIpc) is 2.28. The van der Waals surface area contributed by atoms with E-state index in [2.05, 4.69) is 21.2 Å². The Morgan fingerprint density at radius 3 is 2.28 bits per heavy atom. The van der Waals surface area contributed by atoms with Crippen molar-refractivity contribution in [1.29, 1.82) is 0 Å². The number of imide groups is 1. The van der Waals surface area contributed by atoms with Gasteiger partial charge in [0, 0.05) is 10.5 Å². The quantitative estimate of drug-likeness (QED) is 0.790. The molecule has 0 spiro atoms. The van der Waals surface area contributed by atoms with Crippen LogP contribution in [0.2, 0.25) is 0 Å². The van der Waals surface area contributed by atoms with Gasteiger partial charge < -0.3 is 5.73 Å². The van der Waals surface area contributed by atoms with Crippen LogP contribution in [0.5, 0.6) is 0 Å². The molecule has 0 fully saturated rings. The largest absolute Gasteiger partial charge is 0.351 e. The topological polar surface area (TPSA) is 84.2 Å². The Hall–Kier alpha value is -1.40. The summed E-state index contributed by atoms with van der Waals surface area (Å²) in [6.45, 7) is 3.62. The number of hydrogen-bond acceptors (Lipinski definition) is 3. The van der Waals surface area contributed by atoms with Crippen LogP contribution in [0.3, 0.4) is 0 Å². The number of rotatable bonds is 4. The number of nitrogens with two attached hydrogens (primary N) is 1. The first-order chi connectivity index (χ1) is 8.40. The van der Waals surface area contributed by atoms with Gasteiger partial charge in [0.1, 0.15) is 0 Å². The molecule has 1 rings (SSSR count). The summed E-state index contributed by atoms with van der Waals surface area (Å²) in [4.78, 5) is 22.1. The molecular weight excluding hydrogens is 298 g/mol. The summed E-state index contributed by atoms with van der Waals surface area (Å²) >= 11 is 3.36. The number of benzene rings is 1. The van der Waals surface area contributed by atoms with E-state index in [4.69, 9.17) is 5.73 Å². The van der Waals surface area contributed by atoms with E-state index in [0.717, 1.165) is 10.0 Å². The summed E-state index contributed by atoms with van der Waals surface area (Å²) in [6, 6.07) is 6.43. The van der Waals surface area contributed by atoms with Crippen molar-refractivity contribution in [3.63, 3.8) is 0 Å². The number of urea groups is 1. The van der Waals surface area contributed by atoms with Gasteiger partial charge in [-0.3, -0.25) is 15.4 Å². The van der Waals surface area contributed by atoms with Crippen molar-refractivity contribution in [2.75, 3.05) is 0 Å². The van der Waals surface area contributed by atoms with E-state index in [1.165, 1.54) is 0 Å². The molecule has 0 aliphatic heterocycles. The van der Waals surface area contributed by atoms with E-state index >= 15 is 0 Å². The Bertz CT molecular complexity index is 433. The molecule has 2 atom stereocenters. The highest BCUT2D eigenvalue weighted by Gasteiger charge is 2.17. The number of amides is 3. The van der Waals surface area contributed by atoms with E-state index < -0.39 is 18.0 Å². The van der Waals surface area contributed by atoms with Crippen LogP contribution in [0.4, 0.5) is 4.79 Å². The lowest BCUT2D eigenvalue weighted by Crippen LogP contribution is -2.47. The van der Waals surface area contributed by atoms with Crippen molar-refractivity contribution in [2.45, 2.75) is 25.9 Å². The lowest BCUT2D eigenvalue weighted by molar-refractivity contribution is -0.121. The zero-order valence-corrected chi connectivity index (χ0v) is 11.8. The molecule has 1 aromatic rings. The van der Waals surface area contributed by atoms with Crippen molar-refractivity contribution in [2.24, 2.45) is 5.73 Å². The van der Waals surface area contributed by atoms with Gasteiger partial charge in [-0.15, -0.1) is 0 Å². The molecule has 0 aromatic heterocycles. The summed E-state index contributed by atoms with van der Waals surface area (Å²) in [6.07, 6.45) is 0. The predicted molar refractivity (Wildman–Crippen MR) is 72.9 cm³/mol. The van der Waals surface area contributed by atoms with E-state index in [1.807, 2.05) is 36.5 Å². The van der Waals surface area contributed by atoms with Gasteiger partial charge in [0.05, 0.1) is 6.04 Å². The van der Waals surface area contributed by atoms with Crippen LogP contribution in [0.25, 0.3) is 0 Å². The minimum atomic E-state index is -0.843. The predicted octanol–water partition coefficient (Wildman–Crippen LogP) is 1.68. The molecule has 0 aliphatic carbocycles. The Kier molecular flexibility index (Phi) is 5.30. The molecule has 0 saturated carbocycles. The second-order valence-corrected chi connectivity index (χ2v) is 4.93. The van der Waals surface area contributed by atoms with Crippen molar-refractivity contribution in [3.05, 3.63) is 34.3 Å². The first kappa shape index (κ1) is 14.7. The number of carbonyl (C=O) groups is 2. The molecule has 0 radical (unpaired) electrons. The minimum absolute atomic E-state index is 0.00766. The van der Waals surface area contributed by atoms with E-state index in [0.29, 0.717) is 0 Å². The smallest absolute Gasteiger partial charge is 0.318 e. The maximum absolute atomic E-state index is 11.5. The molecule has 6 heteroatoms. The van der Waals surface area contributed by atoms with Gasteiger partial charge in [0.25, 0.3) is 0 Å². The van der Waals surface area contributed by atoms with Gasteiger partial charge in [-0.1, -0.05) is 28.1 Å². The lowest BCUT2D eigenvalue weighted by atomic mass is 10.1. The van der Waals surface area contributed by atoms with Crippen LogP contribution in [0.1, 0.15) is 25.5 Å². The van der Waals surface area contributed by atoms with Gasteiger partial charge in [0.2, 0.25) is 5.91 Å². The first-order valence-corrected chi connectivity index (χ1v) is 6.31. The van der Waals surface area contributed by atoms with E-state index in [-0.39, 0.29) is 6.04 Å². The highest BCUT2D eigenvalue weighted by molar-refractivity contribution is 9.10. The van der Waals surface area contributed by atoms with Crippen molar-refractivity contribution >= 4 is 27.9 Å². The fourth-order valence-corrected chi connectivity index (χ4v) is 1.79. The third kappa shape index (κ3) is 4.46. The zero-order valence-electron chi connectivity index (χ0n) is 10.2. The molecule has 5 nitrogen and oxygen atoms in total. The molecular formula is C12H16BrN3O2. The SMILES string of the molecule is CC(N[C@H](C)c1ccc(Br)cc1)C(=O)NC(N)=O. The number of halogens is 1. The first-order valence-electron chi connectivity index (χ1n) is 5.52. The molecule has 18 heavy (non-hydrogen) atoms. The van der Waals surface area contributed by atoms with Crippen LogP contribution in [-0.4, -0.2) is 18.0 Å². The van der Waals surface area contributed by atoms with Gasteiger partial charge >= 0.3 is 6.03 Å². The normalized spacial score (nSPS) is 13.7. The zero-order chi connectivity index (χ0) is 13.7. The number of hydrogen-bond donors (Lipinski definition) is 3. The number of carbonyl (C=O) groups excluding carboxylic acids is 2. The standard InChI is InChI=1S/C12H16BrN3O2/c1-7(9-3-5-10(13)6-4-9)15-8(2)11(17)16-12(14)18/h3-8,15H,1-2H3,(H3,14,16,17,18)/t7-,8?/m1/s1. The van der Waals surface area contributed by atoms with Gasteiger partial charge in [-0.05, 0) is 31.5 Å². The molecule has 1 unspecified atom stereocenters. The summed E-state index contributed by atoms with van der Waals surface area (Å²) in [5.41, 5.74) is 5.94. The molecule has 0 heterocycles. The molecule has 98 valence electrons. The van der Waals surface area contributed by atoms with Crippen molar-refractivity contribution in [3.8, 4) is 0 Å². The van der Waals surface area contributed by atoms with Crippen molar-refractivity contribution in [1.82, 2.24) is 10.6 Å². The number of nitrogens with one attached hydrogen (secondary N) is 2. The summed E-state index contributed by atoms with van der Waals surface area (Å²) in [5.74, 6) is -0.438. The third-order valence-electron chi connectivity index (χ3n) is 2.51. The molecule has 3 amide bonds. The highest BCUT2D eigenvalue weighted by Crippen LogP contribution is 2.16. The summed E-state index contributed by atoms with van der Waals surface area (Å²) in [7, 11) is 0. The molecule has 4 N–H and O–H groups in total. The van der Waals surface area contributed by atoms with Crippen LogP contribution < -0.4 is 16.4 Å². The summed E-state index contributed by atoms with van der Waals surface area (Å²) in [5, 5.41) is 5.12. The van der Waals surface area contributed by atoms with E-state index in [9.17, 15) is 9.59 Å². The average molecular weight is 314 g/mol. The van der Waals surface area contributed by atoms with Crippen LogP contribution in [0, 0.1) is 0 Å². The minimum Gasteiger partial charge on any atom is -0.351 e. The Labute approximate surface area is 114 Å².